The van der Waals surface area contributed by atoms with Crippen LogP contribution in [0, 0.1) is 17.0 Å². The van der Waals surface area contributed by atoms with E-state index in [1.165, 1.54) is 6.33 Å². The summed E-state index contributed by atoms with van der Waals surface area (Å²) in [6, 6.07) is 7.26. The molecule has 4 aromatic rings. The van der Waals surface area contributed by atoms with E-state index in [0.717, 1.165) is 48.8 Å². The van der Waals surface area contributed by atoms with Gasteiger partial charge in [-0.25, -0.2) is 4.98 Å². The van der Waals surface area contributed by atoms with Gasteiger partial charge in [0.15, 0.2) is 0 Å². The summed E-state index contributed by atoms with van der Waals surface area (Å²) >= 11 is 0. The number of nitrogens with zero attached hydrogens (tertiary/aromatic N) is 8. The van der Waals surface area contributed by atoms with Gasteiger partial charge < -0.3 is 9.80 Å². The molecule has 29 heavy (non-hydrogen) atoms. The Morgan fingerprint density at radius 3 is 2.66 bits per heavy atom. The molecule has 4 heterocycles. The Morgan fingerprint density at radius 1 is 1.07 bits per heavy atom. The average molecular weight is 390 g/mol. The number of aryl methyl sites for hydroxylation is 1. The van der Waals surface area contributed by atoms with Crippen LogP contribution in [0.15, 0.2) is 43.0 Å². The quantitative estimate of drug-likeness (QED) is 0.387. The molecule has 1 aliphatic heterocycles. The molecule has 3 aromatic heterocycles. The van der Waals surface area contributed by atoms with E-state index in [1.54, 1.807) is 23.0 Å². The molecule has 1 aromatic carbocycles. The summed E-state index contributed by atoms with van der Waals surface area (Å²) in [5, 5.41) is 17.1. The second-order valence-electron chi connectivity index (χ2n) is 6.98. The number of nitro groups is 1. The highest BCUT2D eigenvalue weighted by Gasteiger charge is 2.23. The number of hydrogen-bond acceptors (Lipinski definition) is 8. The number of fused-ring (bicyclic) bond motifs is 2. The van der Waals surface area contributed by atoms with E-state index in [1.807, 2.05) is 25.1 Å². The molecule has 0 aliphatic carbocycles. The van der Waals surface area contributed by atoms with E-state index >= 15 is 0 Å². The maximum Gasteiger partial charge on any atom is 0.278 e. The third-order valence-electron chi connectivity index (χ3n) is 5.27. The van der Waals surface area contributed by atoms with Crippen LogP contribution in [0.5, 0.6) is 0 Å². The van der Waals surface area contributed by atoms with Gasteiger partial charge in [0.1, 0.15) is 12.1 Å². The van der Waals surface area contributed by atoms with Crippen molar-refractivity contribution in [1.82, 2.24) is 24.6 Å². The Morgan fingerprint density at radius 2 is 1.86 bits per heavy atom. The van der Waals surface area contributed by atoms with Crippen LogP contribution in [-0.2, 0) is 0 Å². The van der Waals surface area contributed by atoms with Crippen molar-refractivity contribution in [3.8, 4) is 0 Å². The van der Waals surface area contributed by atoms with Crippen LogP contribution in [0.2, 0.25) is 0 Å². The number of anilines is 2. The van der Waals surface area contributed by atoms with Gasteiger partial charge in [0.05, 0.1) is 10.3 Å². The molecule has 0 radical (unpaired) electrons. The first-order valence-electron chi connectivity index (χ1n) is 9.30. The van der Waals surface area contributed by atoms with Gasteiger partial charge in [-0.05, 0) is 19.1 Å². The smallest absolute Gasteiger partial charge is 0.278 e. The molecule has 0 atom stereocenters. The minimum atomic E-state index is -0.360. The summed E-state index contributed by atoms with van der Waals surface area (Å²) in [5.74, 6) is 1.57. The predicted molar refractivity (Wildman–Crippen MR) is 108 cm³/mol. The largest absolute Gasteiger partial charge is 0.367 e. The number of hydrogen-bond donors (Lipinski definition) is 0. The van der Waals surface area contributed by atoms with Gasteiger partial charge >= 0.3 is 0 Å². The summed E-state index contributed by atoms with van der Waals surface area (Å²) in [7, 11) is 0. The number of pyridine rings is 1. The van der Waals surface area contributed by atoms with E-state index in [4.69, 9.17) is 0 Å². The Bertz CT molecular complexity index is 1230. The monoisotopic (exact) mass is 390 g/mol. The van der Waals surface area contributed by atoms with Gasteiger partial charge in [-0.1, -0.05) is 0 Å². The number of non-ortho nitro benzene ring substituents is 1. The Hall–Kier alpha value is -3.82. The zero-order chi connectivity index (χ0) is 20.0. The van der Waals surface area contributed by atoms with Crippen LogP contribution in [0.1, 0.15) is 5.69 Å². The Labute approximate surface area is 165 Å². The first-order chi connectivity index (χ1) is 14.1. The molecule has 10 nitrogen and oxygen atoms in total. The lowest BCUT2D eigenvalue weighted by Crippen LogP contribution is -2.47. The summed E-state index contributed by atoms with van der Waals surface area (Å²) in [6.07, 6.45) is 4.75. The maximum atomic E-state index is 11.4. The van der Waals surface area contributed by atoms with Crippen molar-refractivity contribution in [3.63, 3.8) is 0 Å². The number of piperazine rings is 1. The average Bonchev–Trinajstić information content (AvgIpc) is 3.21. The number of aromatic nitrogens is 5. The lowest BCUT2D eigenvalue weighted by Gasteiger charge is -2.37. The fourth-order valence-electron chi connectivity index (χ4n) is 3.91. The van der Waals surface area contributed by atoms with Crippen LogP contribution in [-0.4, -0.2) is 55.7 Å². The van der Waals surface area contributed by atoms with Crippen molar-refractivity contribution in [2.45, 2.75) is 6.92 Å². The normalized spacial score (nSPS) is 14.7. The molecule has 0 N–H and O–H groups in total. The van der Waals surface area contributed by atoms with E-state index in [9.17, 15) is 10.1 Å². The lowest BCUT2D eigenvalue weighted by atomic mass is 10.1. The van der Waals surface area contributed by atoms with Crippen LogP contribution in [0.3, 0.4) is 0 Å². The summed E-state index contributed by atoms with van der Waals surface area (Å²) in [4.78, 5) is 28.2. The molecule has 0 saturated carbocycles. The van der Waals surface area contributed by atoms with Gasteiger partial charge in [0.25, 0.3) is 11.5 Å². The first kappa shape index (κ1) is 17.3. The number of rotatable bonds is 3. The van der Waals surface area contributed by atoms with Crippen LogP contribution < -0.4 is 9.80 Å². The second-order valence-corrected chi connectivity index (χ2v) is 6.98. The summed E-state index contributed by atoms with van der Waals surface area (Å²) in [6.45, 7) is 5.11. The zero-order valence-electron chi connectivity index (χ0n) is 15.8. The highest BCUT2D eigenvalue weighted by atomic mass is 16.6. The van der Waals surface area contributed by atoms with Gasteiger partial charge in [-0.15, -0.1) is 0 Å². The molecule has 0 spiro atoms. The van der Waals surface area contributed by atoms with Crippen molar-refractivity contribution in [2.75, 3.05) is 36.0 Å². The highest BCUT2D eigenvalue weighted by molar-refractivity contribution is 5.99. The van der Waals surface area contributed by atoms with E-state index in [0.29, 0.717) is 11.2 Å². The third-order valence-corrected chi connectivity index (χ3v) is 5.27. The molecular weight excluding hydrogens is 372 g/mol. The molecule has 0 unspecified atom stereocenters. The molecule has 1 saturated heterocycles. The first-order valence-corrected chi connectivity index (χ1v) is 9.30. The van der Waals surface area contributed by atoms with Gasteiger partial charge in [0.2, 0.25) is 0 Å². The molecule has 10 heteroatoms. The van der Waals surface area contributed by atoms with Crippen LogP contribution in [0.4, 0.5) is 17.2 Å². The molecule has 0 bridgehead atoms. The molecule has 1 fully saturated rings. The van der Waals surface area contributed by atoms with Gasteiger partial charge in [0, 0.05) is 67.5 Å². The minimum absolute atomic E-state index is 0.0799. The topological polar surface area (TPSA) is 106 Å². The lowest BCUT2D eigenvalue weighted by molar-refractivity contribution is -0.383. The molecule has 146 valence electrons. The van der Waals surface area contributed by atoms with Crippen LogP contribution >= 0.6 is 0 Å². The van der Waals surface area contributed by atoms with Crippen molar-refractivity contribution < 1.29 is 4.92 Å². The fraction of sp³-hybridized carbons (Fsp3) is 0.263. The maximum absolute atomic E-state index is 11.4. The van der Waals surface area contributed by atoms with Crippen molar-refractivity contribution >= 4 is 33.7 Å². The number of nitro benzene ring substituents is 1. The summed E-state index contributed by atoms with van der Waals surface area (Å²) in [5.41, 5.74) is 1.97. The second kappa shape index (κ2) is 6.66. The van der Waals surface area contributed by atoms with Crippen molar-refractivity contribution in [1.29, 1.82) is 0 Å². The number of benzene rings is 1. The van der Waals surface area contributed by atoms with E-state index in [-0.39, 0.29) is 10.6 Å². The highest BCUT2D eigenvalue weighted by Crippen LogP contribution is 2.33. The van der Waals surface area contributed by atoms with Gasteiger partial charge in [-0.3, -0.25) is 15.1 Å². The molecule has 5 rings (SSSR count). The Balaban J connectivity index is 1.45. The fourth-order valence-corrected chi connectivity index (χ4v) is 3.91. The molecular formula is C19H18N8O2. The van der Waals surface area contributed by atoms with Crippen molar-refractivity contribution in [2.24, 2.45) is 0 Å². The van der Waals surface area contributed by atoms with E-state index in [2.05, 4.69) is 29.9 Å². The molecule has 1 aliphatic rings. The molecule has 0 amide bonds. The Kier molecular flexibility index (Phi) is 3.97. The van der Waals surface area contributed by atoms with Gasteiger partial charge in [-0.2, -0.15) is 14.6 Å². The minimum Gasteiger partial charge on any atom is -0.367 e. The van der Waals surface area contributed by atoms with Crippen molar-refractivity contribution in [3.05, 3.63) is 58.8 Å². The standard InChI is InChI=1S/C19H18N8O2/c1-13-10-18(26-19(23-13)21-12-22-26)25-8-6-24(7-9-25)16-2-3-17(27(28)29)15-11-20-5-4-14(15)16/h2-5,10-12H,6-9H2,1H3. The zero-order valence-corrected chi connectivity index (χ0v) is 15.8. The SMILES string of the molecule is Cc1cc(N2CCN(c3ccc([N+](=O)[O-])c4cnccc34)CC2)n2ncnc2n1. The van der Waals surface area contributed by atoms with E-state index < -0.39 is 0 Å². The third kappa shape index (κ3) is 2.89. The predicted octanol–water partition coefficient (Wildman–Crippen LogP) is 2.22. The van der Waals surface area contributed by atoms with Crippen LogP contribution in [0.25, 0.3) is 16.6 Å². The summed E-state index contributed by atoms with van der Waals surface area (Å²) < 4.78 is 1.76.